The van der Waals surface area contributed by atoms with E-state index in [-0.39, 0.29) is 38.4 Å². The molecule has 254 valence electrons. The highest BCUT2D eigenvalue weighted by atomic mass is 16.3. The Kier molecular flexibility index (Phi) is 10.9. The maximum atomic E-state index is 13.3. The van der Waals surface area contributed by atoms with Crippen molar-refractivity contribution in [1.82, 2.24) is 16.0 Å². The minimum absolute atomic E-state index is 0.0839. The number of carbonyl (C=O) groups is 4. The fourth-order valence-corrected chi connectivity index (χ4v) is 5.71. The third-order valence-electron chi connectivity index (χ3n) is 8.08. The molecule has 4 amide bonds. The summed E-state index contributed by atoms with van der Waals surface area (Å²) in [7, 11) is 1.97. The maximum absolute atomic E-state index is 13.3. The predicted molar refractivity (Wildman–Crippen MR) is 187 cm³/mol. The van der Waals surface area contributed by atoms with Crippen LogP contribution in [0.5, 0.6) is 0 Å². The zero-order valence-electron chi connectivity index (χ0n) is 27.1. The van der Waals surface area contributed by atoms with E-state index in [1.807, 2.05) is 85.9 Å². The smallest absolute Gasteiger partial charge is 0.261 e. The van der Waals surface area contributed by atoms with Crippen molar-refractivity contribution in [3.8, 4) is 0 Å². The number of furan rings is 1. The number of nitrogens with one attached hydrogen (secondary N) is 4. The molecule has 0 radical (unpaired) electrons. The van der Waals surface area contributed by atoms with Crippen LogP contribution in [0.4, 0.5) is 5.69 Å². The number of aryl methyl sites for hydroxylation is 1. The van der Waals surface area contributed by atoms with E-state index in [0.717, 1.165) is 33.0 Å². The van der Waals surface area contributed by atoms with E-state index in [1.54, 1.807) is 0 Å². The van der Waals surface area contributed by atoms with E-state index in [9.17, 15) is 19.2 Å². The Balaban J connectivity index is 1.24. The number of hydrogen-bond donors (Lipinski definition) is 7. The highest BCUT2D eigenvalue weighted by Crippen LogP contribution is 2.35. The monoisotopic (exact) mass is 666 g/mol. The van der Waals surface area contributed by atoms with Gasteiger partial charge >= 0.3 is 0 Å². The highest BCUT2D eigenvalue weighted by molar-refractivity contribution is 6.11. The number of para-hydroxylation sites is 2. The summed E-state index contributed by atoms with van der Waals surface area (Å²) in [4.78, 5) is 55.3. The zero-order valence-corrected chi connectivity index (χ0v) is 27.1. The van der Waals surface area contributed by atoms with Gasteiger partial charge in [-0.25, -0.2) is 0 Å². The molecule has 0 saturated heterocycles. The molecule has 0 unspecified atom stereocenters. The molecule has 10 N–H and O–H groups in total. The zero-order chi connectivity index (χ0) is 34.9. The summed E-state index contributed by atoms with van der Waals surface area (Å²) in [6.45, 7) is -0.282. The number of primary amides is 1. The molecule has 3 aromatic carbocycles. The molecule has 2 aromatic heterocycles. The van der Waals surface area contributed by atoms with Gasteiger partial charge in [0.25, 0.3) is 5.52 Å². The summed E-state index contributed by atoms with van der Waals surface area (Å²) >= 11 is 0. The molecule has 0 aliphatic rings. The molecule has 5 aromatic rings. The minimum Gasteiger partial charge on any atom is -0.447 e. The van der Waals surface area contributed by atoms with Gasteiger partial charge in [0.05, 0.1) is 29.5 Å². The molecule has 2 heterocycles. The number of amides is 4. The van der Waals surface area contributed by atoms with Gasteiger partial charge in [-0.1, -0.05) is 54.6 Å². The molecule has 0 aliphatic carbocycles. The average Bonchev–Trinajstić information content (AvgIpc) is 3.48. The number of rotatable bonds is 15. The van der Waals surface area contributed by atoms with Crippen LogP contribution in [0.1, 0.15) is 18.4 Å². The van der Waals surface area contributed by atoms with Gasteiger partial charge in [0.1, 0.15) is 24.7 Å². The van der Waals surface area contributed by atoms with Crippen LogP contribution in [0.15, 0.2) is 88.3 Å². The number of nitrogens with two attached hydrogens (primary N) is 3. The lowest BCUT2D eigenvalue weighted by molar-refractivity contribution is -0.616. The summed E-state index contributed by atoms with van der Waals surface area (Å²) in [5.41, 5.74) is 20.8. The number of benzene rings is 3. The van der Waals surface area contributed by atoms with Crippen LogP contribution in [0, 0.1) is 0 Å². The van der Waals surface area contributed by atoms with Crippen molar-refractivity contribution < 1.29 is 28.2 Å². The van der Waals surface area contributed by atoms with Crippen LogP contribution in [-0.2, 0) is 32.6 Å². The van der Waals surface area contributed by atoms with Crippen LogP contribution in [0.25, 0.3) is 33.0 Å². The largest absolute Gasteiger partial charge is 0.447 e. The Bertz CT molecular complexity index is 2020. The third-order valence-corrected chi connectivity index (χ3v) is 8.08. The van der Waals surface area contributed by atoms with E-state index in [1.165, 1.54) is 0 Å². The standard InChI is InChI=1S/C35H39N9O5/c1-44-26-15-7-5-12-22(26)30(32-31(44)23-13-6-8-16-27(23)49-32)41-19-28(45)40-20-29(46)42-25(18-21-10-3-2-4-11-21)34(48)43-24(33(36)47)14-9-17-39-35(37)38/h2-8,10-13,15-16,24-25H,9,14,17-20H2,1H3,(H9,36,37,38,39,40,42,43,45,46,47,48)/p+1/t24-,25-/m0/s1. The van der Waals surface area contributed by atoms with Gasteiger partial charge in [0.15, 0.2) is 5.96 Å². The van der Waals surface area contributed by atoms with Crippen LogP contribution >= 0.6 is 0 Å². The minimum atomic E-state index is -1.05. The number of hydrogen-bond acceptors (Lipinski definition) is 7. The molecule has 0 spiro atoms. The fourth-order valence-electron chi connectivity index (χ4n) is 5.71. The van der Waals surface area contributed by atoms with E-state index in [4.69, 9.17) is 21.6 Å². The van der Waals surface area contributed by atoms with Crippen molar-refractivity contribution in [2.24, 2.45) is 29.2 Å². The normalized spacial score (nSPS) is 12.3. The summed E-state index contributed by atoms with van der Waals surface area (Å²) in [5.74, 6) is -2.46. The van der Waals surface area contributed by atoms with Crippen LogP contribution in [-0.4, -0.2) is 61.3 Å². The van der Waals surface area contributed by atoms with Crippen molar-refractivity contribution in [2.45, 2.75) is 31.3 Å². The first kappa shape index (κ1) is 34.2. The van der Waals surface area contributed by atoms with E-state index in [2.05, 4.69) is 30.8 Å². The maximum Gasteiger partial charge on any atom is 0.261 e. The van der Waals surface area contributed by atoms with Gasteiger partial charge in [0.2, 0.25) is 34.7 Å². The second kappa shape index (κ2) is 15.6. The highest BCUT2D eigenvalue weighted by Gasteiger charge is 2.27. The molecule has 0 bridgehead atoms. The van der Waals surface area contributed by atoms with E-state index in [0.29, 0.717) is 17.7 Å². The van der Waals surface area contributed by atoms with E-state index >= 15 is 0 Å². The topological polar surface area (TPSA) is 224 Å². The number of nitrogens with zero attached hydrogens (tertiary/aromatic N) is 2. The predicted octanol–water partition coefficient (Wildman–Crippen LogP) is 0.843. The number of guanidine groups is 1. The van der Waals surface area contributed by atoms with Gasteiger partial charge < -0.3 is 42.9 Å². The summed E-state index contributed by atoms with van der Waals surface area (Å²) in [5, 5.41) is 12.9. The Morgan fingerprint density at radius 1 is 0.816 bits per heavy atom. The molecule has 49 heavy (non-hydrogen) atoms. The Labute approximate surface area is 282 Å². The van der Waals surface area contributed by atoms with Gasteiger partial charge in [-0.2, -0.15) is 4.57 Å². The molecule has 0 aliphatic heterocycles. The van der Waals surface area contributed by atoms with Gasteiger partial charge in [0, 0.05) is 19.0 Å². The van der Waals surface area contributed by atoms with Crippen molar-refractivity contribution in [3.63, 3.8) is 0 Å². The van der Waals surface area contributed by atoms with E-state index < -0.39 is 35.7 Å². The fraction of sp³-hybridized carbons (Fsp3) is 0.257. The number of aliphatic imine (C=N–C) groups is 1. The molecule has 14 heteroatoms. The molecule has 2 atom stereocenters. The second-order valence-electron chi connectivity index (χ2n) is 11.6. The molecular weight excluding hydrogens is 626 g/mol. The summed E-state index contributed by atoms with van der Waals surface area (Å²) in [6.07, 6.45) is 0.724. The van der Waals surface area contributed by atoms with Crippen molar-refractivity contribution in [2.75, 3.05) is 25.0 Å². The molecular formula is C35H40N9O5+. The van der Waals surface area contributed by atoms with Crippen LogP contribution in [0.2, 0.25) is 0 Å². The SMILES string of the molecule is C[n+]1c2ccccc2c(NCC(=O)NCC(=O)N[C@@H](Cc2ccccc2)C(=O)N[C@@H](CCCN=C(N)N)C(N)=O)c2oc3ccccc3c21. The summed E-state index contributed by atoms with van der Waals surface area (Å²) in [6, 6.07) is 22.5. The lowest BCUT2D eigenvalue weighted by Gasteiger charge is -2.22. The Morgan fingerprint density at radius 3 is 2.24 bits per heavy atom. The number of carbonyl (C=O) groups excluding carboxylic acids is 4. The van der Waals surface area contributed by atoms with Crippen molar-refractivity contribution in [3.05, 3.63) is 84.4 Å². The van der Waals surface area contributed by atoms with Gasteiger partial charge in [-0.3, -0.25) is 24.2 Å². The third kappa shape index (κ3) is 8.41. The van der Waals surface area contributed by atoms with Crippen LogP contribution < -0.4 is 43.0 Å². The quantitative estimate of drug-likeness (QED) is 0.0366. The first-order valence-electron chi connectivity index (χ1n) is 15.8. The first-order valence-corrected chi connectivity index (χ1v) is 15.8. The van der Waals surface area contributed by atoms with Crippen molar-refractivity contribution >= 4 is 68.2 Å². The Morgan fingerprint density at radius 2 is 1.51 bits per heavy atom. The average molecular weight is 667 g/mol. The van der Waals surface area contributed by atoms with Crippen LogP contribution in [0.3, 0.4) is 0 Å². The molecule has 5 rings (SSSR count). The number of fused-ring (bicyclic) bond motifs is 4. The molecule has 0 saturated carbocycles. The Hall–Kier alpha value is -6.18. The lowest BCUT2D eigenvalue weighted by Crippen LogP contribution is -2.55. The summed E-state index contributed by atoms with van der Waals surface area (Å²) < 4.78 is 8.30. The number of pyridine rings is 1. The number of anilines is 1. The van der Waals surface area contributed by atoms with Gasteiger partial charge in [-0.15, -0.1) is 0 Å². The van der Waals surface area contributed by atoms with Gasteiger partial charge in [-0.05, 0) is 36.6 Å². The van der Waals surface area contributed by atoms with Crippen molar-refractivity contribution in [1.29, 1.82) is 0 Å². The number of aromatic nitrogens is 1. The second-order valence-corrected chi connectivity index (χ2v) is 11.6. The lowest BCUT2D eigenvalue weighted by atomic mass is 10.0. The first-order chi connectivity index (χ1) is 23.6. The molecule has 0 fully saturated rings. The molecule has 14 nitrogen and oxygen atoms in total.